The van der Waals surface area contributed by atoms with Crippen LogP contribution in [-0.4, -0.2) is 19.4 Å². The fraction of sp³-hybridized carbons (Fsp3) is 0.235. The molecule has 0 saturated heterocycles. The molecule has 3 rings (SSSR count). The van der Waals surface area contributed by atoms with Gasteiger partial charge in [0.1, 0.15) is 11.5 Å². The first-order chi connectivity index (χ1) is 10.6. The summed E-state index contributed by atoms with van der Waals surface area (Å²) in [6.45, 7) is 3.90. The van der Waals surface area contributed by atoms with Gasteiger partial charge in [-0.15, -0.1) is 0 Å². The summed E-state index contributed by atoms with van der Waals surface area (Å²) in [6.07, 6.45) is 0. The second kappa shape index (κ2) is 5.97. The van der Waals surface area contributed by atoms with Gasteiger partial charge in [-0.2, -0.15) is 0 Å². The highest BCUT2D eigenvalue weighted by Gasteiger charge is 2.15. The highest BCUT2D eigenvalue weighted by molar-refractivity contribution is 5.74. The molecule has 114 valence electrons. The van der Waals surface area contributed by atoms with E-state index in [2.05, 4.69) is 0 Å². The Morgan fingerprint density at radius 3 is 2.59 bits per heavy atom. The summed E-state index contributed by atoms with van der Waals surface area (Å²) < 4.78 is 21.2. The average molecular weight is 300 g/mol. The molecule has 2 aromatic carbocycles. The summed E-state index contributed by atoms with van der Waals surface area (Å²) in [7, 11) is 0. The third kappa shape index (κ3) is 2.98. The van der Waals surface area contributed by atoms with Crippen molar-refractivity contribution in [3.8, 4) is 23.0 Å². The Labute approximate surface area is 128 Å². The Kier molecular flexibility index (Phi) is 3.87. The molecule has 0 N–H and O–H groups in total. The van der Waals surface area contributed by atoms with Crippen LogP contribution in [0.1, 0.15) is 11.1 Å². The molecule has 5 heteroatoms. The molecule has 0 aromatic heterocycles. The lowest BCUT2D eigenvalue weighted by Gasteiger charge is -2.11. The van der Waals surface area contributed by atoms with Gasteiger partial charge in [0.05, 0.1) is 0 Å². The van der Waals surface area contributed by atoms with Crippen LogP contribution < -0.4 is 18.9 Å². The predicted octanol–water partition coefficient (Wildman–Crippen LogP) is 3.02. The van der Waals surface area contributed by atoms with Gasteiger partial charge in [0.2, 0.25) is 6.79 Å². The monoisotopic (exact) mass is 300 g/mol. The molecule has 0 saturated carbocycles. The summed E-state index contributed by atoms with van der Waals surface area (Å²) in [5.74, 6) is 1.86. The molecule has 1 heterocycles. The zero-order valence-corrected chi connectivity index (χ0v) is 12.4. The van der Waals surface area contributed by atoms with Crippen LogP contribution in [0.4, 0.5) is 0 Å². The van der Waals surface area contributed by atoms with E-state index in [0.29, 0.717) is 23.0 Å². The molecule has 0 bridgehead atoms. The molecule has 0 radical (unpaired) electrons. The summed E-state index contributed by atoms with van der Waals surface area (Å²) in [5, 5.41) is 0. The van der Waals surface area contributed by atoms with Crippen molar-refractivity contribution in [2.24, 2.45) is 0 Å². The van der Waals surface area contributed by atoms with E-state index in [4.69, 9.17) is 18.9 Å². The average Bonchev–Trinajstić information content (AvgIpc) is 2.94. The lowest BCUT2D eigenvalue weighted by molar-refractivity contribution is -0.136. The largest absolute Gasteiger partial charge is 0.481 e. The van der Waals surface area contributed by atoms with Gasteiger partial charge in [-0.1, -0.05) is 18.2 Å². The van der Waals surface area contributed by atoms with E-state index < -0.39 is 5.97 Å². The van der Waals surface area contributed by atoms with Gasteiger partial charge in [0.15, 0.2) is 18.1 Å². The summed E-state index contributed by atoms with van der Waals surface area (Å²) in [4.78, 5) is 11.9. The van der Waals surface area contributed by atoms with Crippen LogP contribution in [0.2, 0.25) is 0 Å². The quantitative estimate of drug-likeness (QED) is 0.642. The molecular weight excluding hydrogens is 284 g/mol. The molecule has 0 spiro atoms. The van der Waals surface area contributed by atoms with Crippen molar-refractivity contribution < 1.29 is 23.7 Å². The number of benzene rings is 2. The van der Waals surface area contributed by atoms with Crippen molar-refractivity contribution in [1.29, 1.82) is 0 Å². The van der Waals surface area contributed by atoms with E-state index in [1.807, 2.05) is 32.0 Å². The molecule has 2 aromatic rings. The minimum atomic E-state index is -0.471. The van der Waals surface area contributed by atoms with Crippen LogP contribution >= 0.6 is 0 Å². The normalized spacial score (nSPS) is 12.1. The van der Waals surface area contributed by atoms with Crippen molar-refractivity contribution in [2.45, 2.75) is 13.8 Å². The van der Waals surface area contributed by atoms with Gasteiger partial charge in [-0.05, 0) is 37.1 Å². The number of carbonyl (C=O) groups is 1. The Balaban J connectivity index is 1.61. The number of carbonyl (C=O) groups excluding carboxylic acids is 1. The van der Waals surface area contributed by atoms with Crippen LogP contribution in [0.5, 0.6) is 23.0 Å². The van der Waals surface area contributed by atoms with Crippen molar-refractivity contribution in [3.63, 3.8) is 0 Å². The van der Waals surface area contributed by atoms with Crippen molar-refractivity contribution in [1.82, 2.24) is 0 Å². The molecule has 0 amide bonds. The Morgan fingerprint density at radius 1 is 1.09 bits per heavy atom. The number of hydrogen-bond acceptors (Lipinski definition) is 5. The molecule has 5 nitrogen and oxygen atoms in total. The first-order valence-corrected chi connectivity index (χ1v) is 6.93. The number of esters is 1. The standard InChI is InChI=1S/C17H16O5/c1-11-4-3-5-12(2)17(11)19-9-16(18)22-13-6-7-14-15(8-13)21-10-20-14/h3-8H,9-10H2,1-2H3. The second-order valence-corrected chi connectivity index (χ2v) is 5.00. The lowest BCUT2D eigenvalue weighted by atomic mass is 10.1. The molecule has 0 aliphatic carbocycles. The Bertz CT molecular complexity index is 688. The molecule has 1 aliphatic heterocycles. The molecule has 0 unspecified atom stereocenters. The van der Waals surface area contributed by atoms with Crippen molar-refractivity contribution in [2.75, 3.05) is 13.4 Å². The summed E-state index contributed by atoms with van der Waals surface area (Å²) >= 11 is 0. The van der Waals surface area contributed by atoms with E-state index in [1.54, 1.807) is 18.2 Å². The molecular formula is C17H16O5. The predicted molar refractivity (Wildman–Crippen MR) is 79.6 cm³/mol. The number of hydrogen-bond donors (Lipinski definition) is 0. The van der Waals surface area contributed by atoms with Crippen LogP contribution in [-0.2, 0) is 4.79 Å². The smallest absolute Gasteiger partial charge is 0.349 e. The number of rotatable bonds is 4. The molecule has 0 atom stereocenters. The number of ether oxygens (including phenoxy) is 4. The third-order valence-electron chi connectivity index (χ3n) is 3.32. The topological polar surface area (TPSA) is 54.0 Å². The number of fused-ring (bicyclic) bond motifs is 1. The Morgan fingerprint density at radius 2 is 1.82 bits per heavy atom. The maximum atomic E-state index is 11.9. The Hall–Kier alpha value is -2.69. The van der Waals surface area contributed by atoms with Gasteiger partial charge in [0, 0.05) is 6.07 Å². The van der Waals surface area contributed by atoms with E-state index in [1.165, 1.54) is 0 Å². The van der Waals surface area contributed by atoms with Gasteiger partial charge in [-0.25, -0.2) is 4.79 Å². The van der Waals surface area contributed by atoms with E-state index in [9.17, 15) is 4.79 Å². The zero-order chi connectivity index (χ0) is 15.5. The van der Waals surface area contributed by atoms with Gasteiger partial charge >= 0.3 is 5.97 Å². The fourth-order valence-electron chi connectivity index (χ4n) is 2.26. The van der Waals surface area contributed by atoms with Gasteiger partial charge < -0.3 is 18.9 Å². The van der Waals surface area contributed by atoms with E-state index in [-0.39, 0.29) is 13.4 Å². The molecule has 1 aliphatic rings. The SMILES string of the molecule is Cc1cccc(C)c1OCC(=O)Oc1ccc2c(c1)OCO2. The molecule has 22 heavy (non-hydrogen) atoms. The summed E-state index contributed by atoms with van der Waals surface area (Å²) in [5.41, 5.74) is 1.96. The van der Waals surface area contributed by atoms with Crippen LogP contribution in [0.25, 0.3) is 0 Å². The maximum Gasteiger partial charge on any atom is 0.349 e. The molecule has 0 fully saturated rings. The van der Waals surface area contributed by atoms with Crippen molar-refractivity contribution >= 4 is 5.97 Å². The summed E-state index contributed by atoms with van der Waals surface area (Å²) in [6, 6.07) is 10.8. The van der Waals surface area contributed by atoms with Crippen molar-refractivity contribution in [3.05, 3.63) is 47.5 Å². The minimum Gasteiger partial charge on any atom is -0.481 e. The number of para-hydroxylation sites is 1. The number of aryl methyl sites for hydroxylation is 2. The van der Waals surface area contributed by atoms with Gasteiger partial charge in [-0.3, -0.25) is 0 Å². The van der Waals surface area contributed by atoms with Gasteiger partial charge in [0.25, 0.3) is 0 Å². The van der Waals surface area contributed by atoms with Crippen LogP contribution in [0.3, 0.4) is 0 Å². The van der Waals surface area contributed by atoms with Crippen LogP contribution in [0, 0.1) is 13.8 Å². The first-order valence-electron chi connectivity index (χ1n) is 6.93. The fourth-order valence-corrected chi connectivity index (χ4v) is 2.26. The highest BCUT2D eigenvalue weighted by atomic mass is 16.7. The minimum absolute atomic E-state index is 0.153. The maximum absolute atomic E-state index is 11.9. The highest BCUT2D eigenvalue weighted by Crippen LogP contribution is 2.35. The third-order valence-corrected chi connectivity index (χ3v) is 3.32. The van der Waals surface area contributed by atoms with E-state index >= 15 is 0 Å². The zero-order valence-electron chi connectivity index (χ0n) is 12.4. The van der Waals surface area contributed by atoms with E-state index in [0.717, 1.165) is 11.1 Å². The lowest BCUT2D eigenvalue weighted by Crippen LogP contribution is -2.18. The second-order valence-electron chi connectivity index (χ2n) is 5.00. The first kappa shape index (κ1) is 14.3. The van der Waals surface area contributed by atoms with Crippen LogP contribution in [0.15, 0.2) is 36.4 Å².